The summed E-state index contributed by atoms with van der Waals surface area (Å²) >= 11 is 12.3. The second-order valence-corrected chi connectivity index (χ2v) is 11.2. The molecule has 0 fully saturated rings. The first-order chi connectivity index (χ1) is 21.4. The van der Waals surface area contributed by atoms with Crippen LogP contribution in [0.1, 0.15) is 28.3 Å². The summed E-state index contributed by atoms with van der Waals surface area (Å²) in [6.07, 6.45) is 7.83. The lowest BCUT2D eigenvalue weighted by molar-refractivity contribution is -0.121. The van der Waals surface area contributed by atoms with Gasteiger partial charge in [-0.05, 0) is 59.0 Å². The molecule has 3 heterocycles. The number of nitrogens with zero attached hydrogens (tertiary/aromatic N) is 6. The average Bonchev–Trinajstić information content (AvgIpc) is 3.48. The Kier molecular flexibility index (Phi) is 8.72. The number of rotatable bonds is 10. The average molecular weight is 622 g/mol. The fourth-order valence-electron chi connectivity index (χ4n) is 5.10. The molecule has 10 heteroatoms. The lowest BCUT2D eigenvalue weighted by Crippen LogP contribution is -2.32. The molecule has 0 unspecified atom stereocenters. The van der Waals surface area contributed by atoms with Crippen molar-refractivity contribution in [2.75, 3.05) is 0 Å². The van der Waals surface area contributed by atoms with Gasteiger partial charge in [0.25, 0.3) is 5.56 Å². The maximum atomic E-state index is 13.8. The number of halogens is 2. The Hall–Kier alpha value is -4.92. The molecular weight excluding hydrogens is 595 g/mol. The SMILES string of the molecule is O=C(Cc1ccc(Cc2ccncc2)cc1)[C@H](Cc1ccccc1)n1cnc(-c2cc(Cl)ccc2-n2cc(Cl)nn2)cc1=O. The van der Waals surface area contributed by atoms with Crippen LogP contribution in [-0.2, 0) is 24.1 Å². The largest absolute Gasteiger partial charge is 0.297 e. The summed E-state index contributed by atoms with van der Waals surface area (Å²) in [5, 5.41) is 8.57. The maximum absolute atomic E-state index is 13.8. The highest BCUT2D eigenvalue weighted by Crippen LogP contribution is 2.28. The van der Waals surface area contributed by atoms with E-state index in [2.05, 4.69) is 20.3 Å². The second kappa shape index (κ2) is 13.2. The highest BCUT2D eigenvalue weighted by atomic mass is 35.5. The monoisotopic (exact) mass is 620 g/mol. The third kappa shape index (κ3) is 6.83. The second-order valence-electron chi connectivity index (χ2n) is 10.4. The van der Waals surface area contributed by atoms with Gasteiger partial charge in [0.05, 0.1) is 23.9 Å². The number of hydrogen-bond acceptors (Lipinski definition) is 6. The Balaban J connectivity index is 1.29. The van der Waals surface area contributed by atoms with Crippen LogP contribution in [0.2, 0.25) is 10.2 Å². The van der Waals surface area contributed by atoms with Crippen LogP contribution in [0.25, 0.3) is 16.9 Å². The predicted octanol–water partition coefficient (Wildman–Crippen LogP) is 6.38. The molecule has 3 aromatic carbocycles. The summed E-state index contributed by atoms with van der Waals surface area (Å²) in [7, 11) is 0. The lowest BCUT2D eigenvalue weighted by atomic mass is 9.96. The van der Waals surface area contributed by atoms with Crippen LogP contribution in [0.3, 0.4) is 0 Å². The minimum absolute atomic E-state index is 0.0897. The number of carbonyl (C=O) groups excluding carboxylic acids is 1. The number of hydrogen-bond donors (Lipinski definition) is 0. The Bertz CT molecular complexity index is 1960. The summed E-state index contributed by atoms with van der Waals surface area (Å²) in [5.41, 5.74) is 5.30. The minimum atomic E-state index is -0.754. The van der Waals surface area contributed by atoms with Crippen LogP contribution in [-0.4, -0.2) is 35.3 Å². The van der Waals surface area contributed by atoms with Gasteiger partial charge >= 0.3 is 0 Å². The van der Waals surface area contributed by atoms with Crippen molar-refractivity contribution in [2.24, 2.45) is 0 Å². The van der Waals surface area contributed by atoms with Gasteiger partial charge < -0.3 is 0 Å². The summed E-state index contributed by atoms with van der Waals surface area (Å²) in [6.45, 7) is 0. The smallest absolute Gasteiger partial charge is 0.254 e. The van der Waals surface area contributed by atoms with E-state index in [1.54, 1.807) is 36.8 Å². The number of carbonyl (C=O) groups is 1. The van der Waals surface area contributed by atoms with E-state index >= 15 is 0 Å². The van der Waals surface area contributed by atoms with Crippen molar-refractivity contribution in [3.05, 3.63) is 159 Å². The molecule has 6 aromatic rings. The molecule has 8 nitrogen and oxygen atoms in total. The van der Waals surface area contributed by atoms with E-state index < -0.39 is 6.04 Å². The van der Waals surface area contributed by atoms with Crippen LogP contribution in [0.4, 0.5) is 0 Å². The summed E-state index contributed by atoms with van der Waals surface area (Å²) in [4.78, 5) is 36.1. The fourth-order valence-corrected chi connectivity index (χ4v) is 5.40. The van der Waals surface area contributed by atoms with Crippen molar-refractivity contribution in [1.29, 1.82) is 0 Å². The zero-order valence-corrected chi connectivity index (χ0v) is 24.9. The van der Waals surface area contributed by atoms with Crippen molar-refractivity contribution >= 4 is 29.0 Å². The van der Waals surface area contributed by atoms with E-state index in [-0.39, 0.29) is 22.9 Å². The summed E-state index contributed by atoms with van der Waals surface area (Å²) < 4.78 is 2.90. The zero-order valence-electron chi connectivity index (χ0n) is 23.4. The Morgan fingerprint density at radius 3 is 2.25 bits per heavy atom. The van der Waals surface area contributed by atoms with Crippen molar-refractivity contribution < 1.29 is 4.79 Å². The topological polar surface area (TPSA) is 95.6 Å². The van der Waals surface area contributed by atoms with Gasteiger partial charge in [-0.2, -0.15) is 0 Å². The Morgan fingerprint density at radius 1 is 0.818 bits per heavy atom. The van der Waals surface area contributed by atoms with Crippen LogP contribution >= 0.6 is 23.2 Å². The van der Waals surface area contributed by atoms with E-state index in [1.165, 1.54) is 21.6 Å². The molecule has 0 radical (unpaired) electrons. The third-order valence-electron chi connectivity index (χ3n) is 7.32. The standard InChI is InChI=1S/C34H26Cl2N6O2/c35-27-10-11-30(42-21-33(36)39-40-42)28(19-27)29-20-34(44)41(22-38-29)31(17-23-4-2-1-3-5-23)32(43)18-25-8-6-24(7-9-25)16-26-12-14-37-15-13-26/h1-15,19-22,31H,16-18H2/t31-/m0/s1. The molecule has 0 aliphatic rings. The summed E-state index contributed by atoms with van der Waals surface area (Å²) in [6, 6.07) is 27.4. The van der Waals surface area contributed by atoms with E-state index in [4.69, 9.17) is 23.2 Å². The molecule has 0 saturated carbocycles. The molecule has 218 valence electrons. The zero-order chi connectivity index (χ0) is 30.5. The molecule has 0 aliphatic heterocycles. The fraction of sp³-hybridized carbons (Fsp3) is 0.118. The van der Waals surface area contributed by atoms with Crippen molar-refractivity contribution in [3.63, 3.8) is 0 Å². The van der Waals surface area contributed by atoms with Gasteiger partial charge in [0.15, 0.2) is 10.9 Å². The van der Waals surface area contributed by atoms with E-state index in [1.807, 2.05) is 66.7 Å². The van der Waals surface area contributed by atoms with Gasteiger partial charge in [-0.1, -0.05) is 83.0 Å². The van der Waals surface area contributed by atoms with Crippen molar-refractivity contribution in [3.8, 4) is 16.9 Å². The first kappa shape index (κ1) is 29.2. The van der Waals surface area contributed by atoms with Crippen LogP contribution in [0, 0.1) is 0 Å². The van der Waals surface area contributed by atoms with Gasteiger partial charge in [0, 0.05) is 41.9 Å². The number of aromatic nitrogens is 6. The van der Waals surface area contributed by atoms with Crippen LogP contribution in [0.5, 0.6) is 0 Å². The van der Waals surface area contributed by atoms with Gasteiger partial charge in [-0.15, -0.1) is 5.10 Å². The molecular formula is C34H26Cl2N6O2. The maximum Gasteiger partial charge on any atom is 0.254 e. The predicted molar refractivity (Wildman–Crippen MR) is 170 cm³/mol. The molecule has 0 saturated heterocycles. The third-order valence-corrected chi connectivity index (χ3v) is 7.73. The van der Waals surface area contributed by atoms with E-state index in [0.717, 1.165) is 28.7 Å². The van der Waals surface area contributed by atoms with Crippen LogP contribution < -0.4 is 5.56 Å². The number of Topliss-reactive ketones (excluding diaryl/α,β-unsaturated/α-hetero) is 1. The van der Waals surface area contributed by atoms with E-state index in [0.29, 0.717) is 28.4 Å². The number of pyridine rings is 1. The highest BCUT2D eigenvalue weighted by molar-refractivity contribution is 6.31. The minimum Gasteiger partial charge on any atom is -0.297 e. The molecule has 0 spiro atoms. The molecule has 0 bridgehead atoms. The molecule has 1 atom stereocenters. The molecule has 0 N–H and O–H groups in total. The van der Waals surface area contributed by atoms with Gasteiger partial charge in [0.2, 0.25) is 0 Å². The molecule has 6 rings (SSSR count). The number of ketones is 1. The van der Waals surface area contributed by atoms with E-state index in [9.17, 15) is 9.59 Å². The van der Waals surface area contributed by atoms with Crippen LogP contribution in [0.15, 0.2) is 121 Å². The first-order valence-corrected chi connectivity index (χ1v) is 14.7. The molecule has 3 aromatic heterocycles. The quantitative estimate of drug-likeness (QED) is 0.176. The van der Waals surface area contributed by atoms with Gasteiger partial charge in [0.1, 0.15) is 6.04 Å². The molecule has 0 aliphatic carbocycles. The first-order valence-electron chi connectivity index (χ1n) is 13.9. The Labute approximate surface area is 263 Å². The van der Waals surface area contributed by atoms with Gasteiger partial charge in [-0.25, -0.2) is 9.67 Å². The molecule has 44 heavy (non-hydrogen) atoms. The lowest BCUT2D eigenvalue weighted by Gasteiger charge is -2.19. The molecule has 0 amide bonds. The van der Waals surface area contributed by atoms with Crippen molar-refractivity contribution in [1.82, 2.24) is 29.5 Å². The highest BCUT2D eigenvalue weighted by Gasteiger charge is 2.23. The normalized spacial score (nSPS) is 11.8. The number of benzene rings is 3. The summed E-state index contributed by atoms with van der Waals surface area (Å²) in [5.74, 6) is -0.0897. The van der Waals surface area contributed by atoms with Crippen molar-refractivity contribution in [2.45, 2.75) is 25.3 Å². The van der Waals surface area contributed by atoms with Gasteiger partial charge in [-0.3, -0.25) is 19.1 Å². The Morgan fingerprint density at radius 2 is 1.55 bits per heavy atom.